The number of hydrogen-bond donors (Lipinski definition) is 1. The molecular weight excluding hydrogens is 533 g/mol. The normalized spacial score (nSPS) is 12.2. The minimum atomic E-state index is -5.98. The third-order valence-electron chi connectivity index (χ3n) is 5.63. The molecule has 5 rings (SSSR count). The number of rotatable bonds is 6. The van der Waals surface area contributed by atoms with E-state index in [1.807, 2.05) is 0 Å². The Morgan fingerprint density at radius 3 is 2.18 bits per heavy atom. The number of carbonyl (C=O) groups excluding carboxylic acids is 1. The molecule has 0 saturated heterocycles. The second-order valence-corrected chi connectivity index (χ2v) is 8.41. The predicted molar refractivity (Wildman–Crippen MR) is 124 cm³/mol. The highest BCUT2D eigenvalue weighted by molar-refractivity contribution is 6.03. The number of hydrogen-bond acceptors (Lipinski definition) is 4. The number of alkyl halides is 5. The molecule has 0 fully saturated rings. The van der Waals surface area contributed by atoms with Crippen molar-refractivity contribution < 1.29 is 35.5 Å². The topological polar surface area (TPSA) is 77.1 Å². The van der Waals surface area contributed by atoms with Gasteiger partial charge in [0, 0.05) is 17.8 Å². The molecule has 3 aromatic heterocycles. The number of carbonyl (C=O) groups is 1. The Balaban J connectivity index is 1.47. The van der Waals surface area contributed by atoms with Crippen LogP contribution >= 0.6 is 0 Å². The molecule has 2 aromatic carbocycles. The molecule has 0 aliphatic rings. The summed E-state index contributed by atoms with van der Waals surface area (Å²) >= 11 is 0. The maximum atomic E-state index is 14.5. The monoisotopic (exact) mass is 548 g/mol. The summed E-state index contributed by atoms with van der Waals surface area (Å²) in [6.07, 6.45) is -3.26. The maximum Gasteiger partial charge on any atom is 0.459 e. The molecule has 0 spiro atoms. The SMILES string of the molecule is O=C(Nc1cnn(Cc2ccc(F)cc2)c1)c1cc2nc(-c3ccc(F)cc3)cc(C(F)(F)C(F)(F)F)n2n1. The quantitative estimate of drug-likeness (QED) is 0.271. The van der Waals surface area contributed by atoms with Crippen LogP contribution in [0.25, 0.3) is 16.9 Å². The molecule has 7 nitrogen and oxygen atoms in total. The van der Waals surface area contributed by atoms with Crippen LogP contribution < -0.4 is 5.32 Å². The van der Waals surface area contributed by atoms with E-state index in [1.165, 1.54) is 29.2 Å². The van der Waals surface area contributed by atoms with E-state index in [2.05, 4.69) is 20.5 Å². The summed E-state index contributed by atoms with van der Waals surface area (Å²) in [7, 11) is 0. The van der Waals surface area contributed by atoms with Crippen LogP contribution in [0, 0.1) is 11.6 Å². The molecule has 1 N–H and O–H groups in total. The zero-order valence-corrected chi connectivity index (χ0v) is 19.4. The molecule has 0 aliphatic heterocycles. The highest BCUT2D eigenvalue weighted by Crippen LogP contribution is 2.44. The van der Waals surface area contributed by atoms with Gasteiger partial charge in [0.2, 0.25) is 0 Å². The third-order valence-corrected chi connectivity index (χ3v) is 5.63. The number of halogens is 7. The second kappa shape index (κ2) is 9.53. The van der Waals surface area contributed by atoms with Crippen molar-refractivity contribution >= 4 is 17.2 Å². The molecule has 0 atom stereocenters. The van der Waals surface area contributed by atoms with Gasteiger partial charge in [-0.05, 0) is 48.0 Å². The first-order valence-electron chi connectivity index (χ1n) is 11.1. The summed E-state index contributed by atoms with van der Waals surface area (Å²) < 4.78 is 97.0. The molecule has 0 unspecified atom stereocenters. The lowest BCUT2D eigenvalue weighted by Crippen LogP contribution is -2.36. The van der Waals surface area contributed by atoms with E-state index in [1.54, 1.807) is 12.1 Å². The summed E-state index contributed by atoms with van der Waals surface area (Å²) in [6.45, 7) is 0.247. The fraction of sp³-hybridized carbons (Fsp3) is 0.120. The van der Waals surface area contributed by atoms with Crippen LogP contribution in [0.1, 0.15) is 21.7 Å². The van der Waals surface area contributed by atoms with Crippen molar-refractivity contribution in [2.24, 2.45) is 0 Å². The minimum absolute atomic E-state index is 0.0684. The van der Waals surface area contributed by atoms with E-state index in [-0.39, 0.29) is 28.0 Å². The van der Waals surface area contributed by atoms with Gasteiger partial charge in [-0.1, -0.05) is 12.1 Å². The van der Waals surface area contributed by atoms with Gasteiger partial charge in [-0.3, -0.25) is 9.48 Å². The first kappa shape index (κ1) is 25.9. The lowest BCUT2D eigenvalue weighted by molar-refractivity contribution is -0.291. The van der Waals surface area contributed by atoms with E-state index >= 15 is 0 Å². The smallest absolute Gasteiger partial charge is 0.318 e. The predicted octanol–water partition coefficient (Wildman–Crippen LogP) is 5.83. The van der Waals surface area contributed by atoms with Crippen LogP contribution in [0.2, 0.25) is 0 Å². The number of fused-ring (bicyclic) bond motifs is 1. The highest BCUT2D eigenvalue weighted by Gasteiger charge is 2.60. The van der Waals surface area contributed by atoms with Crippen molar-refractivity contribution in [2.75, 3.05) is 5.32 Å². The summed E-state index contributed by atoms with van der Waals surface area (Å²) in [5.41, 5.74) is -1.88. The van der Waals surface area contributed by atoms with Crippen LogP contribution in [0.4, 0.5) is 36.4 Å². The second-order valence-electron chi connectivity index (χ2n) is 8.41. The van der Waals surface area contributed by atoms with Gasteiger partial charge >= 0.3 is 12.1 Å². The molecule has 200 valence electrons. The Labute approximate surface area is 214 Å². The van der Waals surface area contributed by atoms with Gasteiger partial charge in [0.1, 0.15) is 17.3 Å². The Bertz CT molecular complexity index is 1660. The number of amides is 1. The highest BCUT2D eigenvalue weighted by atomic mass is 19.4. The summed E-state index contributed by atoms with van der Waals surface area (Å²) in [4.78, 5) is 16.8. The molecule has 0 aliphatic carbocycles. The number of nitrogens with zero attached hydrogens (tertiary/aromatic N) is 5. The Kier molecular flexibility index (Phi) is 6.32. The van der Waals surface area contributed by atoms with E-state index in [0.717, 1.165) is 35.9 Å². The zero-order valence-electron chi connectivity index (χ0n) is 19.4. The van der Waals surface area contributed by atoms with Crippen LogP contribution in [-0.4, -0.2) is 36.5 Å². The van der Waals surface area contributed by atoms with Crippen molar-refractivity contribution in [3.63, 3.8) is 0 Å². The maximum absolute atomic E-state index is 14.5. The van der Waals surface area contributed by atoms with Gasteiger partial charge in [-0.2, -0.15) is 32.1 Å². The van der Waals surface area contributed by atoms with Gasteiger partial charge in [0.15, 0.2) is 11.3 Å². The molecule has 1 amide bonds. The third kappa shape index (κ3) is 5.17. The Morgan fingerprint density at radius 2 is 1.54 bits per heavy atom. The van der Waals surface area contributed by atoms with Crippen molar-refractivity contribution in [1.82, 2.24) is 24.4 Å². The fourth-order valence-corrected chi connectivity index (χ4v) is 3.71. The molecule has 14 heteroatoms. The van der Waals surface area contributed by atoms with Crippen molar-refractivity contribution in [3.8, 4) is 11.3 Å². The van der Waals surface area contributed by atoms with Crippen LogP contribution in [0.3, 0.4) is 0 Å². The number of nitrogens with one attached hydrogen (secondary N) is 1. The average molecular weight is 548 g/mol. The van der Waals surface area contributed by atoms with E-state index in [9.17, 15) is 35.5 Å². The van der Waals surface area contributed by atoms with Crippen LogP contribution in [-0.2, 0) is 12.5 Å². The van der Waals surface area contributed by atoms with Crippen molar-refractivity contribution in [3.05, 3.63) is 102 Å². The van der Waals surface area contributed by atoms with Gasteiger partial charge < -0.3 is 5.32 Å². The molecular formula is C25H15F7N6O. The lowest BCUT2D eigenvalue weighted by atomic mass is 10.1. The molecule has 5 aromatic rings. The van der Waals surface area contributed by atoms with Crippen molar-refractivity contribution in [2.45, 2.75) is 18.6 Å². The first-order valence-corrected chi connectivity index (χ1v) is 11.1. The molecule has 0 bridgehead atoms. The number of anilines is 1. The minimum Gasteiger partial charge on any atom is -0.318 e. The van der Waals surface area contributed by atoms with Crippen LogP contribution in [0.5, 0.6) is 0 Å². The largest absolute Gasteiger partial charge is 0.459 e. The fourth-order valence-electron chi connectivity index (χ4n) is 3.71. The van der Waals surface area contributed by atoms with E-state index in [4.69, 9.17) is 0 Å². The van der Waals surface area contributed by atoms with Crippen LogP contribution in [0.15, 0.2) is 73.1 Å². The molecule has 39 heavy (non-hydrogen) atoms. The van der Waals surface area contributed by atoms with Crippen molar-refractivity contribution in [1.29, 1.82) is 0 Å². The van der Waals surface area contributed by atoms with E-state index < -0.39 is 46.7 Å². The number of aromatic nitrogens is 5. The number of benzene rings is 2. The summed E-state index contributed by atoms with van der Waals surface area (Å²) in [5, 5.41) is 10.2. The standard InChI is InChI=1S/C25H15F7N6O/c26-16-5-1-14(2-6-16)12-37-13-18(11-33-37)34-23(39)20-10-22-35-19(15-3-7-17(27)8-4-15)9-21(38(22)36-20)24(28,29)25(30,31)32/h1-11,13H,12H2,(H,34,39). The van der Waals surface area contributed by atoms with E-state index in [0.29, 0.717) is 6.07 Å². The first-order chi connectivity index (χ1) is 18.4. The molecule has 0 radical (unpaired) electrons. The van der Waals surface area contributed by atoms with Gasteiger partial charge in [-0.25, -0.2) is 18.3 Å². The van der Waals surface area contributed by atoms with Gasteiger partial charge in [-0.15, -0.1) is 0 Å². The zero-order chi connectivity index (χ0) is 27.9. The van der Waals surface area contributed by atoms with Gasteiger partial charge in [0.25, 0.3) is 5.91 Å². The molecule has 3 heterocycles. The molecule has 0 saturated carbocycles. The summed E-state index contributed by atoms with van der Waals surface area (Å²) in [5.74, 6) is -7.34. The Hall–Kier alpha value is -4.75. The van der Waals surface area contributed by atoms with Gasteiger partial charge in [0.05, 0.1) is 24.1 Å². The Morgan fingerprint density at radius 1 is 0.897 bits per heavy atom. The lowest BCUT2D eigenvalue weighted by Gasteiger charge is -2.21. The summed E-state index contributed by atoms with van der Waals surface area (Å²) in [6, 6.07) is 11.4. The average Bonchev–Trinajstić information content (AvgIpc) is 3.51.